The number of anilines is 1. The summed E-state index contributed by atoms with van der Waals surface area (Å²) in [6, 6.07) is 7.10. The second kappa shape index (κ2) is 7.71. The Labute approximate surface area is 162 Å². The van der Waals surface area contributed by atoms with Gasteiger partial charge in [0.25, 0.3) is 0 Å². The van der Waals surface area contributed by atoms with Crippen LogP contribution in [0.1, 0.15) is 23.2 Å². The monoisotopic (exact) mass is 401 g/mol. The number of rotatable bonds is 6. The fraction of sp³-hybridized carbons (Fsp3) is 0.278. The molecule has 1 aliphatic rings. The zero-order valence-corrected chi connectivity index (χ0v) is 16.1. The molecule has 0 saturated heterocycles. The molecule has 1 unspecified atom stereocenters. The molecule has 4 rings (SSSR count). The Balaban J connectivity index is 1.40. The Morgan fingerprint density at radius 3 is 2.93 bits per heavy atom. The zero-order chi connectivity index (χ0) is 18.7. The van der Waals surface area contributed by atoms with Crippen molar-refractivity contribution in [3.63, 3.8) is 0 Å². The van der Waals surface area contributed by atoms with E-state index < -0.39 is 10.0 Å². The molecule has 0 spiro atoms. The predicted molar refractivity (Wildman–Crippen MR) is 104 cm³/mol. The molecule has 7 nitrogen and oxygen atoms in total. The van der Waals surface area contributed by atoms with Gasteiger partial charge >= 0.3 is 0 Å². The van der Waals surface area contributed by atoms with Gasteiger partial charge in [0.15, 0.2) is 0 Å². The van der Waals surface area contributed by atoms with Gasteiger partial charge in [-0.3, -0.25) is 4.98 Å². The lowest BCUT2D eigenvalue weighted by Gasteiger charge is -2.24. The van der Waals surface area contributed by atoms with Gasteiger partial charge in [-0.05, 0) is 47.9 Å². The van der Waals surface area contributed by atoms with Gasteiger partial charge in [-0.1, -0.05) is 12.1 Å². The number of nitrogens with zero attached hydrogens (tertiary/aromatic N) is 3. The van der Waals surface area contributed by atoms with Crippen molar-refractivity contribution in [2.75, 3.05) is 5.32 Å². The lowest BCUT2D eigenvalue weighted by atomic mass is 9.94. The van der Waals surface area contributed by atoms with Crippen LogP contribution in [0.5, 0.6) is 0 Å². The lowest BCUT2D eigenvalue weighted by molar-refractivity contribution is 0.502. The molecule has 0 saturated carbocycles. The average Bonchev–Trinajstić information content (AvgIpc) is 3.23. The van der Waals surface area contributed by atoms with Gasteiger partial charge in [0.1, 0.15) is 4.21 Å². The maximum atomic E-state index is 12.4. The first-order chi connectivity index (χ1) is 13.1. The number of aryl methyl sites for hydroxylation is 1. The second-order valence-electron chi connectivity index (χ2n) is 6.37. The summed E-state index contributed by atoms with van der Waals surface area (Å²) >= 11 is 1.22. The maximum absolute atomic E-state index is 12.4. The van der Waals surface area contributed by atoms with E-state index >= 15 is 0 Å². The fourth-order valence-corrected chi connectivity index (χ4v) is 5.35. The van der Waals surface area contributed by atoms with Gasteiger partial charge in [0.05, 0.1) is 0 Å². The maximum Gasteiger partial charge on any atom is 0.250 e. The molecule has 0 bridgehead atoms. The van der Waals surface area contributed by atoms with Crippen molar-refractivity contribution in [3.05, 3.63) is 65.1 Å². The first-order valence-electron chi connectivity index (χ1n) is 8.63. The minimum Gasteiger partial charge on any atom is -0.350 e. The van der Waals surface area contributed by atoms with E-state index in [4.69, 9.17) is 0 Å². The van der Waals surface area contributed by atoms with Gasteiger partial charge in [-0.25, -0.2) is 23.1 Å². The molecule has 0 amide bonds. The van der Waals surface area contributed by atoms with E-state index in [-0.39, 0.29) is 6.04 Å². The van der Waals surface area contributed by atoms with Gasteiger partial charge in [-0.15, -0.1) is 11.3 Å². The van der Waals surface area contributed by atoms with Crippen LogP contribution >= 0.6 is 11.3 Å². The summed E-state index contributed by atoms with van der Waals surface area (Å²) in [5.74, 6) is 0.579. The number of thiophene rings is 1. The van der Waals surface area contributed by atoms with Gasteiger partial charge in [0.2, 0.25) is 16.0 Å². The van der Waals surface area contributed by atoms with Crippen LogP contribution < -0.4 is 10.0 Å². The molecular formula is C18H19N5O2S2. The summed E-state index contributed by atoms with van der Waals surface area (Å²) in [6.07, 6.45) is 7.37. The number of hydrogen-bond acceptors (Lipinski definition) is 7. The van der Waals surface area contributed by atoms with Gasteiger partial charge in [0, 0.05) is 36.9 Å². The Kier molecular flexibility index (Phi) is 5.15. The molecule has 1 aliphatic carbocycles. The summed E-state index contributed by atoms with van der Waals surface area (Å²) < 4.78 is 28.0. The highest BCUT2D eigenvalue weighted by atomic mass is 32.2. The van der Waals surface area contributed by atoms with E-state index in [0.717, 1.165) is 29.7 Å². The molecule has 0 aliphatic heterocycles. The van der Waals surface area contributed by atoms with Crippen molar-refractivity contribution in [2.45, 2.75) is 36.1 Å². The standard InChI is InChI=1S/C18H19N5O2S2/c24-27(25,17-4-2-8-26-17)23-15-5-6-16-14(9-15)12-21-18(22-16)20-11-13-3-1-7-19-10-13/h1-4,7-8,10,12,15,23H,5-6,9,11H2,(H,20,21,22). The predicted octanol–water partition coefficient (Wildman–Crippen LogP) is 2.38. The molecule has 1 atom stereocenters. The Morgan fingerprint density at radius 1 is 1.22 bits per heavy atom. The highest BCUT2D eigenvalue weighted by Crippen LogP contribution is 2.23. The van der Waals surface area contributed by atoms with Crippen LogP contribution in [0.25, 0.3) is 0 Å². The van der Waals surface area contributed by atoms with Crippen molar-refractivity contribution in [1.29, 1.82) is 0 Å². The molecule has 3 aromatic rings. The number of pyridine rings is 1. The number of sulfonamides is 1. The Morgan fingerprint density at radius 2 is 2.15 bits per heavy atom. The smallest absolute Gasteiger partial charge is 0.250 e. The summed E-state index contributed by atoms with van der Waals surface area (Å²) in [6.45, 7) is 0.607. The van der Waals surface area contributed by atoms with Crippen LogP contribution in [0, 0.1) is 0 Å². The van der Waals surface area contributed by atoms with Crippen molar-refractivity contribution >= 4 is 27.3 Å². The highest BCUT2D eigenvalue weighted by molar-refractivity contribution is 7.91. The lowest BCUT2D eigenvalue weighted by Crippen LogP contribution is -2.38. The van der Waals surface area contributed by atoms with Crippen molar-refractivity contribution in [1.82, 2.24) is 19.7 Å². The minimum absolute atomic E-state index is 0.137. The first kappa shape index (κ1) is 18.0. The molecule has 3 aromatic heterocycles. The van der Waals surface area contributed by atoms with Crippen molar-refractivity contribution in [2.24, 2.45) is 0 Å². The molecule has 3 heterocycles. The van der Waals surface area contributed by atoms with E-state index in [9.17, 15) is 8.42 Å². The Hall–Kier alpha value is -2.36. The summed E-state index contributed by atoms with van der Waals surface area (Å²) in [7, 11) is -3.46. The quantitative estimate of drug-likeness (QED) is 0.658. The van der Waals surface area contributed by atoms with Crippen LogP contribution in [-0.4, -0.2) is 29.4 Å². The third-order valence-corrected chi connectivity index (χ3v) is 7.32. The van der Waals surface area contributed by atoms with Crippen molar-refractivity contribution < 1.29 is 8.42 Å². The van der Waals surface area contributed by atoms with Gasteiger partial charge in [-0.2, -0.15) is 0 Å². The van der Waals surface area contributed by atoms with Gasteiger partial charge < -0.3 is 5.32 Å². The first-order valence-corrected chi connectivity index (χ1v) is 11.0. The van der Waals surface area contributed by atoms with E-state index in [1.165, 1.54) is 11.3 Å². The molecule has 0 radical (unpaired) electrons. The number of nitrogens with one attached hydrogen (secondary N) is 2. The molecular weight excluding hydrogens is 382 g/mol. The molecule has 2 N–H and O–H groups in total. The number of aromatic nitrogens is 3. The summed E-state index contributed by atoms with van der Waals surface area (Å²) in [5.41, 5.74) is 3.03. The van der Waals surface area contributed by atoms with Crippen LogP contribution in [0.15, 0.2) is 52.4 Å². The van der Waals surface area contributed by atoms with Crippen molar-refractivity contribution in [3.8, 4) is 0 Å². The van der Waals surface area contributed by atoms with Crippen LogP contribution in [0.3, 0.4) is 0 Å². The largest absolute Gasteiger partial charge is 0.350 e. The summed E-state index contributed by atoms with van der Waals surface area (Å²) in [5, 5.41) is 4.97. The molecule has 0 fully saturated rings. The van der Waals surface area contributed by atoms with E-state index in [1.807, 2.05) is 12.1 Å². The van der Waals surface area contributed by atoms with Crippen LogP contribution in [-0.2, 0) is 29.4 Å². The molecule has 0 aromatic carbocycles. The third kappa shape index (κ3) is 4.32. The van der Waals surface area contributed by atoms with E-state index in [0.29, 0.717) is 23.1 Å². The van der Waals surface area contributed by atoms with Crippen LogP contribution in [0.4, 0.5) is 5.95 Å². The fourth-order valence-electron chi connectivity index (χ4n) is 3.07. The van der Waals surface area contributed by atoms with E-state index in [2.05, 4.69) is 25.0 Å². The highest BCUT2D eigenvalue weighted by Gasteiger charge is 2.26. The number of fused-ring (bicyclic) bond motifs is 1. The third-order valence-electron chi connectivity index (χ3n) is 4.41. The zero-order valence-electron chi connectivity index (χ0n) is 14.5. The SMILES string of the molecule is O=S(=O)(NC1CCc2nc(NCc3cccnc3)ncc2C1)c1cccs1. The normalized spacial score (nSPS) is 16.7. The second-order valence-corrected chi connectivity index (χ2v) is 9.26. The topological polar surface area (TPSA) is 96.9 Å². The van der Waals surface area contributed by atoms with E-state index in [1.54, 1.807) is 36.1 Å². The molecule has 9 heteroatoms. The average molecular weight is 402 g/mol. The summed E-state index contributed by atoms with van der Waals surface area (Å²) in [4.78, 5) is 13.0. The Bertz CT molecular complexity index is 1010. The number of hydrogen-bond donors (Lipinski definition) is 2. The molecule has 27 heavy (non-hydrogen) atoms. The molecule has 140 valence electrons. The minimum atomic E-state index is -3.46. The van der Waals surface area contributed by atoms with Crippen LogP contribution in [0.2, 0.25) is 0 Å².